The molecule has 0 radical (unpaired) electrons. The standard InChI is InChI=1S/C11H9N2O2P/c14-16(15)8-9-4-6-13-11(7-9)10-3-1-2-5-12-10/h1-7H,8H2/p+1. The molecule has 0 fully saturated rings. The highest BCUT2D eigenvalue weighted by molar-refractivity contribution is 7.37. The van der Waals surface area contributed by atoms with Gasteiger partial charge in [-0.05, 0) is 28.8 Å². The molecule has 80 valence electrons. The highest BCUT2D eigenvalue weighted by Crippen LogP contribution is 2.23. The van der Waals surface area contributed by atoms with Crippen molar-refractivity contribution in [1.82, 2.24) is 9.97 Å². The maximum atomic E-state index is 10.7. The first-order chi connectivity index (χ1) is 7.75. The Morgan fingerprint density at radius 2 is 1.94 bits per heavy atom. The number of aromatic nitrogens is 2. The van der Waals surface area contributed by atoms with Crippen molar-refractivity contribution in [2.45, 2.75) is 6.16 Å². The minimum absolute atomic E-state index is 0.150. The van der Waals surface area contributed by atoms with E-state index in [-0.39, 0.29) is 6.16 Å². The molecule has 5 heteroatoms. The van der Waals surface area contributed by atoms with Crippen LogP contribution in [-0.4, -0.2) is 14.9 Å². The summed E-state index contributed by atoms with van der Waals surface area (Å²) in [5, 5.41) is 0. The quantitative estimate of drug-likeness (QED) is 0.826. The van der Waals surface area contributed by atoms with Crippen molar-refractivity contribution in [3.05, 3.63) is 48.3 Å². The third-order valence-corrected chi connectivity index (χ3v) is 2.71. The lowest BCUT2D eigenvalue weighted by molar-refractivity contribution is 0.502. The van der Waals surface area contributed by atoms with Crippen LogP contribution in [0.25, 0.3) is 11.4 Å². The van der Waals surface area contributed by atoms with Crippen LogP contribution in [0.2, 0.25) is 0 Å². The molecule has 0 aliphatic heterocycles. The summed E-state index contributed by atoms with van der Waals surface area (Å²) < 4.78 is 10.7. The molecule has 0 saturated heterocycles. The zero-order valence-corrected chi connectivity index (χ0v) is 9.34. The van der Waals surface area contributed by atoms with Gasteiger partial charge in [-0.25, -0.2) is 0 Å². The number of rotatable bonds is 3. The van der Waals surface area contributed by atoms with E-state index in [9.17, 15) is 4.57 Å². The lowest BCUT2D eigenvalue weighted by Gasteiger charge is -1.99. The maximum Gasteiger partial charge on any atom is 0.510 e. The van der Waals surface area contributed by atoms with Crippen LogP contribution in [-0.2, 0) is 10.7 Å². The molecule has 16 heavy (non-hydrogen) atoms. The highest BCUT2D eigenvalue weighted by atomic mass is 31.1. The number of hydrogen-bond donors (Lipinski definition) is 1. The van der Waals surface area contributed by atoms with Gasteiger partial charge in [-0.3, -0.25) is 9.97 Å². The topological polar surface area (TPSA) is 63.1 Å². The SMILES string of the molecule is O=[P+](O)Cc1ccnc(-c2ccccn2)c1. The fourth-order valence-corrected chi connectivity index (χ4v) is 1.89. The largest absolute Gasteiger partial charge is 0.510 e. The van der Waals surface area contributed by atoms with Crippen LogP contribution in [0.15, 0.2) is 42.7 Å². The lowest BCUT2D eigenvalue weighted by atomic mass is 10.2. The molecule has 2 aromatic heterocycles. The van der Waals surface area contributed by atoms with Crippen molar-refractivity contribution in [1.29, 1.82) is 0 Å². The third kappa shape index (κ3) is 2.69. The molecule has 0 amide bonds. The second-order valence-corrected chi connectivity index (χ2v) is 4.30. The maximum absolute atomic E-state index is 10.7. The number of pyridine rings is 2. The summed E-state index contributed by atoms with van der Waals surface area (Å²) in [5.41, 5.74) is 2.27. The molecular weight excluding hydrogens is 223 g/mol. The molecule has 4 nitrogen and oxygen atoms in total. The van der Waals surface area contributed by atoms with Crippen molar-refractivity contribution in [3.8, 4) is 11.4 Å². The summed E-state index contributed by atoms with van der Waals surface area (Å²) in [6, 6.07) is 9.08. The molecule has 0 spiro atoms. The summed E-state index contributed by atoms with van der Waals surface area (Å²) >= 11 is 0. The van der Waals surface area contributed by atoms with Gasteiger partial charge < -0.3 is 0 Å². The first-order valence-electron chi connectivity index (χ1n) is 4.75. The van der Waals surface area contributed by atoms with E-state index in [4.69, 9.17) is 4.89 Å². The van der Waals surface area contributed by atoms with E-state index in [1.807, 2.05) is 18.2 Å². The molecule has 0 aliphatic carbocycles. The average molecular weight is 233 g/mol. The molecule has 1 N–H and O–H groups in total. The zero-order valence-electron chi connectivity index (χ0n) is 8.45. The summed E-state index contributed by atoms with van der Waals surface area (Å²) in [5.74, 6) is 0. The van der Waals surface area contributed by atoms with E-state index in [1.54, 1.807) is 24.5 Å². The number of hydrogen-bond acceptors (Lipinski definition) is 3. The van der Waals surface area contributed by atoms with Crippen LogP contribution in [0.1, 0.15) is 5.56 Å². The lowest BCUT2D eigenvalue weighted by Crippen LogP contribution is -1.88. The molecule has 2 heterocycles. The number of nitrogens with zero attached hydrogens (tertiary/aromatic N) is 2. The molecular formula is C11H10N2O2P+. The van der Waals surface area contributed by atoms with Gasteiger partial charge in [0.2, 0.25) is 6.16 Å². The van der Waals surface area contributed by atoms with Crippen LogP contribution in [0.5, 0.6) is 0 Å². The van der Waals surface area contributed by atoms with E-state index in [1.165, 1.54) is 0 Å². The Morgan fingerprint density at radius 1 is 1.12 bits per heavy atom. The minimum Gasteiger partial charge on any atom is -0.255 e. The zero-order chi connectivity index (χ0) is 11.4. The fraction of sp³-hybridized carbons (Fsp3) is 0.0909. The van der Waals surface area contributed by atoms with Crippen LogP contribution in [0.4, 0.5) is 0 Å². The first kappa shape index (κ1) is 10.9. The van der Waals surface area contributed by atoms with E-state index in [0.717, 1.165) is 17.0 Å². The van der Waals surface area contributed by atoms with Gasteiger partial charge in [0.1, 0.15) is 0 Å². The van der Waals surface area contributed by atoms with Gasteiger partial charge >= 0.3 is 8.03 Å². The molecule has 1 atom stereocenters. The summed E-state index contributed by atoms with van der Waals surface area (Å²) in [7, 11) is -2.16. The Balaban J connectivity index is 2.33. The highest BCUT2D eigenvalue weighted by Gasteiger charge is 2.12. The molecule has 0 aromatic carbocycles. The smallest absolute Gasteiger partial charge is 0.255 e. The van der Waals surface area contributed by atoms with Gasteiger partial charge in [-0.2, -0.15) is 4.89 Å². The third-order valence-electron chi connectivity index (χ3n) is 2.07. The molecule has 1 unspecified atom stereocenters. The summed E-state index contributed by atoms with van der Waals surface area (Å²) in [4.78, 5) is 17.2. The van der Waals surface area contributed by atoms with E-state index in [2.05, 4.69) is 9.97 Å². The normalized spacial score (nSPS) is 11.2. The molecule has 0 aliphatic rings. The Kier molecular flexibility index (Phi) is 3.34. The van der Waals surface area contributed by atoms with E-state index >= 15 is 0 Å². The van der Waals surface area contributed by atoms with Crippen molar-refractivity contribution in [2.24, 2.45) is 0 Å². The Hall–Kier alpha value is -1.64. The monoisotopic (exact) mass is 233 g/mol. The van der Waals surface area contributed by atoms with E-state index in [0.29, 0.717) is 0 Å². The molecule has 2 aromatic rings. The van der Waals surface area contributed by atoms with Gasteiger partial charge in [-0.15, -0.1) is 0 Å². The molecule has 0 saturated carbocycles. The van der Waals surface area contributed by atoms with Crippen molar-refractivity contribution in [3.63, 3.8) is 0 Å². The fourth-order valence-electron chi connectivity index (χ4n) is 1.38. The average Bonchev–Trinajstić information content (AvgIpc) is 2.30. The van der Waals surface area contributed by atoms with Gasteiger partial charge in [-0.1, -0.05) is 6.07 Å². The minimum atomic E-state index is -2.16. The summed E-state index contributed by atoms with van der Waals surface area (Å²) in [6.07, 6.45) is 3.46. The van der Waals surface area contributed by atoms with Crippen LogP contribution in [0, 0.1) is 0 Å². The first-order valence-corrected chi connectivity index (χ1v) is 6.15. The Labute approximate surface area is 93.9 Å². The second kappa shape index (κ2) is 4.92. The van der Waals surface area contributed by atoms with Crippen LogP contribution in [0.3, 0.4) is 0 Å². The van der Waals surface area contributed by atoms with Gasteiger partial charge in [0.15, 0.2) is 0 Å². The second-order valence-electron chi connectivity index (χ2n) is 3.27. The van der Waals surface area contributed by atoms with Gasteiger partial charge in [0, 0.05) is 18.0 Å². The summed E-state index contributed by atoms with van der Waals surface area (Å²) in [6.45, 7) is 0. The van der Waals surface area contributed by atoms with Crippen LogP contribution >= 0.6 is 8.03 Å². The van der Waals surface area contributed by atoms with Crippen molar-refractivity contribution >= 4 is 8.03 Å². The predicted molar refractivity (Wildman–Crippen MR) is 61.0 cm³/mol. The Morgan fingerprint density at radius 3 is 2.62 bits per heavy atom. The van der Waals surface area contributed by atoms with Gasteiger partial charge in [0.05, 0.1) is 11.4 Å². The van der Waals surface area contributed by atoms with Crippen molar-refractivity contribution in [2.75, 3.05) is 0 Å². The molecule has 0 bridgehead atoms. The Bertz CT molecular complexity index is 502. The van der Waals surface area contributed by atoms with Crippen molar-refractivity contribution < 1.29 is 9.46 Å². The van der Waals surface area contributed by atoms with Crippen LogP contribution < -0.4 is 0 Å². The van der Waals surface area contributed by atoms with Gasteiger partial charge in [0.25, 0.3) is 0 Å². The molecule has 2 rings (SSSR count). The van der Waals surface area contributed by atoms with E-state index < -0.39 is 8.03 Å². The predicted octanol–water partition coefficient (Wildman–Crippen LogP) is 2.38.